The summed E-state index contributed by atoms with van der Waals surface area (Å²) in [5.74, 6) is 0.0468. The molecular weight excluding hydrogens is 422 g/mol. The molecule has 0 aliphatic carbocycles. The second-order valence-electron chi connectivity index (χ2n) is 8.51. The van der Waals surface area contributed by atoms with Crippen molar-refractivity contribution in [3.8, 4) is 11.5 Å². The number of carbonyl (C=O) groups is 1. The van der Waals surface area contributed by atoms with Crippen molar-refractivity contribution in [2.24, 2.45) is 0 Å². The third-order valence-electron chi connectivity index (χ3n) is 5.72. The maximum absolute atomic E-state index is 13.6. The number of hydrogen-bond donors (Lipinski definition) is 1. The third kappa shape index (κ3) is 4.33. The zero-order valence-electron chi connectivity index (χ0n) is 19.4. The Morgan fingerprint density at radius 2 is 1.94 bits per heavy atom. The Hall–Kier alpha value is -3.32. The van der Waals surface area contributed by atoms with Gasteiger partial charge in [0.25, 0.3) is 5.91 Å². The van der Waals surface area contributed by atoms with E-state index in [2.05, 4.69) is 0 Å². The topological polar surface area (TPSA) is 89.2 Å². The number of phenolic OH excluding ortho intramolecular Hbond substituents is 1. The summed E-state index contributed by atoms with van der Waals surface area (Å²) in [6.07, 6.45) is 0.701. The molecule has 1 aliphatic heterocycles. The number of aryl methyl sites for hydroxylation is 1. The van der Waals surface area contributed by atoms with Crippen LogP contribution < -0.4 is 10.2 Å². The first-order valence-electron chi connectivity index (χ1n) is 11.3. The van der Waals surface area contributed by atoms with Crippen molar-refractivity contribution in [1.82, 2.24) is 4.90 Å². The smallest absolute Gasteiger partial charge is 0.290 e. The SMILES string of the molecule is CCOc1cc(C2c3c(oc4ccc(C)cc4c3=O)C(=O)N2CCCOC(C)C)ccc1O. The summed E-state index contributed by atoms with van der Waals surface area (Å²) in [5.41, 5.74) is 2.09. The Kier molecular flexibility index (Phi) is 6.42. The maximum atomic E-state index is 13.6. The summed E-state index contributed by atoms with van der Waals surface area (Å²) in [5, 5.41) is 10.6. The minimum absolute atomic E-state index is 0.00296. The van der Waals surface area contributed by atoms with E-state index in [0.717, 1.165) is 5.56 Å². The van der Waals surface area contributed by atoms with Gasteiger partial charge in [0.05, 0.1) is 29.7 Å². The van der Waals surface area contributed by atoms with E-state index in [0.29, 0.717) is 54.0 Å². The normalized spacial score (nSPS) is 15.5. The number of rotatable bonds is 8. The van der Waals surface area contributed by atoms with Crippen molar-refractivity contribution >= 4 is 16.9 Å². The summed E-state index contributed by atoms with van der Waals surface area (Å²) >= 11 is 0. The number of nitrogens with zero attached hydrogens (tertiary/aromatic N) is 1. The van der Waals surface area contributed by atoms with Gasteiger partial charge in [-0.15, -0.1) is 0 Å². The lowest BCUT2D eigenvalue weighted by molar-refractivity contribution is 0.0593. The van der Waals surface area contributed by atoms with E-state index in [1.807, 2.05) is 33.8 Å². The standard InChI is InChI=1S/C26H29NO6/c1-5-31-21-14-17(8-9-19(21)28)23-22-24(29)18-13-16(4)7-10-20(18)33-25(22)26(30)27(23)11-6-12-32-15(2)3/h7-10,13-15,23,28H,5-6,11-12H2,1-4H3. The van der Waals surface area contributed by atoms with Crippen LogP contribution in [-0.2, 0) is 4.74 Å². The highest BCUT2D eigenvalue weighted by Crippen LogP contribution is 2.40. The molecule has 7 nitrogen and oxygen atoms in total. The van der Waals surface area contributed by atoms with Crippen molar-refractivity contribution in [1.29, 1.82) is 0 Å². The van der Waals surface area contributed by atoms with Crippen LogP contribution in [0.3, 0.4) is 0 Å². The average molecular weight is 452 g/mol. The van der Waals surface area contributed by atoms with Gasteiger partial charge in [-0.05, 0) is 63.9 Å². The summed E-state index contributed by atoms with van der Waals surface area (Å²) in [6.45, 7) is 8.91. The Balaban J connectivity index is 1.84. The van der Waals surface area contributed by atoms with Crippen molar-refractivity contribution < 1.29 is 23.8 Å². The molecule has 1 aliphatic rings. The van der Waals surface area contributed by atoms with Crippen molar-refractivity contribution in [2.45, 2.75) is 46.3 Å². The van der Waals surface area contributed by atoms with Gasteiger partial charge < -0.3 is 23.9 Å². The van der Waals surface area contributed by atoms with Gasteiger partial charge in [-0.2, -0.15) is 0 Å². The summed E-state index contributed by atoms with van der Waals surface area (Å²) in [7, 11) is 0. The van der Waals surface area contributed by atoms with Gasteiger partial charge >= 0.3 is 0 Å². The number of carbonyl (C=O) groups excluding carboxylic acids is 1. The monoisotopic (exact) mass is 451 g/mol. The van der Waals surface area contributed by atoms with Gasteiger partial charge in [0.2, 0.25) is 5.76 Å². The zero-order valence-corrected chi connectivity index (χ0v) is 19.4. The number of ether oxygens (including phenoxy) is 2. The van der Waals surface area contributed by atoms with Gasteiger partial charge in [-0.1, -0.05) is 17.7 Å². The lowest BCUT2D eigenvalue weighted by Crippen LogP contribution is -2.31. The molecule has 0 bridgehead atoms. The molecule has 7 heteroatoms. The minimum atomic E-state index is -0.646. The molecule has 1 unspecified atom stereocenters. The number of fused-ring (bicyclic) bond motifs is 2. The van der Waals surface area contributed by atoms with E-state index in [4.69, 9.17) is 13.9 Å². The van der Waals surface area contributed by atoms with E-state index in [1.165, 1.54) is 6.07 Å². The van der Waals surface area contributed by atoms with Crippen LogP contribution in [0.25, 0.3) is 11.0 Å². The lowest BCUT2D eigenvalue weighted by Gasteiger charge is -2.25. The van der Waals surface area contributed by atoms with Gasteiger partial charge in [0.1, 0.15) is 5.58 Å². The van der Waals surface area contributed by atoms with Crippen LogP contribution in [0.4, 0.5) is 0 Å². The highest BCUT2D eigenvalue weighted by Gasteiger charge is 2.42. The van der Waals surface area contributed by atoms with Crippen LogP contribution in [0, 0.1) is 6.92 Å². The first-order chi connectivity index (χ1) is 15.8. The molecule has 1 amide bonds. The van der Waals surface area contributed by atoms with Gasteiger partial charge in [0, 0.05) is 13.2 Å². The molecule has 4 rings (SSSR count). The number of benzene rings is 2. The average Bonchev–Trinajstić information content (AvgIpc) is 3.05. The van der Waals surface area contributed by atoms with E-state index >= 15 is 0 Å². The number of amides is 1. The van der Waals surface area contributed by atoms with Crippen LogP contribution in [0.1, 0.15) is 60.5 Å². The molecule has 0 fully saturated rings. The predicted octanol–water partition coefficient (Wildman–Crippen LogP) is 4.57. The summed E-state index contributed by atoms with van der Waals surface area (Å²) in [6, 6.07) is 9.63. The first-order valence-corrected chi connectivity index (χ1v) is 11.3. The van der Waals surface area contributed by atoms with Gasteiger partial charge in [-0.3, -0.25) is 9.59 Å². The Labute approximate surface area is 192 Å². The Morgan fingerprint density at radius 3 is 2.67 bits per heavy atom. The van der Waals surface area contributed by atoms with Crippen molar-refractivity contribution in [2.75, 3.05) is 19.8 Å². The highest BCUT2D eigenvalue weighted by atomic mass is 16.5. The summed E-state index contributed by atoms with van der Waals surface area (Å²) in [4.78, 5) is 28.7. The molecule has 174 valence electrons. The highest BCUT2D eigenvalue weighted by molar-refractivity contribution is 5.99. The fraction of sp³-hybridized carbons (Fsp3) is 0.385. The predicted molar refractivity (Wildman–Crippen MR) is 125 cm³/mol. The van der Waals surface area contributed by atoms with Crippen LogP contribution >= 0.6 is 0 Å². The number of aromatic hydroxyl groups is 1. The van der Waals surface area contributed by atoms with E-state index in [9.17, 15) is 14.7 Å². The lowest BCUT2D eigenvalue weighted by atomic mass is 9.97. The van der Waals surface area contributed by atoms with E-state index in [-0.39, 0.29) is 28.9 Å². The van der Waals surface area contributed by atoms with E-state index in [1.54, 1.807) is 29.2 Å². The van der Waals surface area contributed by atoms with Crippen LogP contribution in [0.5, 0.6) is 11.5 Å². The number of phenols is 1. The molecule has 1 aromatic heterocycles. The molecule has 2 heterocycles. The minimum Gasteiger partial charge on any atom is -0.504 e. The fourth-order valence-electron chi connectivity index (χ4n) is 4.24. The molecule has 33 heavy (non-hydrogen) atoms. The summed E-state index contributed by atoms with van der Waals surface area (Å²) < 4.78 is 17.2. The van der Waals surface area contributed by atoms with Crippen LogP contribution in [-0.4, -0.2) is 41.8 Å². The van der Waals surface area contributed by atoms with Gasteiger partial charge in [0.15, 0.2) is 16.9 Å². The van der Waals surface area contributed by atoms with Crippen LogP contribution in [0.2, 0.25) is 0 Å². The molecular formula is C26H29NO6. The molecule has 0 saturated heterocycles. The maximum Gasteiger partial charge on any atom is 0.290 e. The molecule has 3 aromatic rings. The Bertz CT molecular complexity index is 1250. The molecule has 1 atom stereocenters. The molecule has 1 N–H and O–H groups in total. The second kappa shape index (κ2) is 9.27. The Morgan fingerprint density at radius 1 is 1.15 bits per heavy atom. The first kappa shape index (κ1) is 22.9. The van der Waals surface area contributed by atoms with E-state index < -0.39 is 6.04 Å². The van der Waals surface area contributed by atoms with Gasteiger partial charge in [-0.25, -0.2) is 0 Å². The quantitative estimate of drug-likeness (QED) is 0.505. The van der Waals surface area contributed by atoms with Crippen molar-refractivity contribution in [3.63, 3.8) is 0 Å². The third-order valence-corrected chi connectivity index (χ3v) is 5.72. The van der Waals surface area contributed by atoms with Crippen molar-refractivity contribution in [3.05, 3.63) is 69.1 Å². The van der Waals surface area contributed by atoms with Crippen LogP contribution in [0.15, 0.2) is 45.6 Å². The number of hydrogen-bond acceptors (Lipinski definition) is 6. The fourth-order valence-corrected chi connectivity index (χ4v) is 4.24. The molecule has 0 spiro atoms. The zero-order chi connectivity index (χ0) is 23.7. The molecule has 0 saturated carbocycles. The second-order valence-corrected chi connectivity index (χ2v) is 8.51. The molecule has 0 radical (unpaired) electrons. The molecule has 2 aromatic carbocycles. The largest absolute Gasteiger partial charge is 0.504 e.